The van der Waals surface area contributed by atoms with Gasteiger partial charge in [0.2, 0.25) is 0 Å². The van der Waals surface area contributed by atoms with Gasteiger partial charge >= 0.3 is 159 Å². The van der Waals surface area contributed by atoms with Gasteiger partial charge in [0.25, 0.3) is 0 Å². The molecule has 3 fully saturated rings. The van der Waals surface area contributed by atoms with E-state index in [9.17, 15) is 41.1 Å². The standard InChI is InChI=1S/3Na.3H3O9P3.3H/c;;;3*1-10(2)7-11(3,4)9-12(5,6)8-10;;;/h;;;3*(H,1,2)(H,3,4)(H,5,6);;;/q3*+1;;;;3*-1. The van der Waals surface area contributed by atoms with Crippen LogP contribution in [-0.4, -0.2) is 44.0 Å². The molecular weight excluding hydrogens is 780 g/mol. The Morgan fingerprint density at radius 3 is 0.359 bits per heavy atom. The van der Waals surface area contributed by atoms with Crippen LogP contribution in [0.15, 0.2) is 0 Å². The van der Waals surface area contributed by atoms with Crippen molar-refractivity contribution in [1.29, 1.82) is 0 Å². The minimum atomic E-state index is -4.98. The van der Waals surface area contributed by atoms with Crippen LogP contribution in [0, 0.1) is 0 Å². The normalized spacial score (nSPS) is 51.0. The monoisotopic (exact) mass is 792 g/mol. The minimum absolute atomic E-state index is 0. The van der Waals surface area contributed by atoms with Crippen molar-refractivity contribution < 1.29 is 217 Å². The van der Waals surface area contributed by atoms with E-state index in [0.717, 1.165) is 0 Å². The molecule has 0 spiro atoms. The summed E-state index contributed by atoms with van der Waals surface area (Å²) in [7, 11) is -44.8. The number of rotatable bonds is 0. The molecule has 3 heterocycles. The van der Waals surface area contributed by atoms with Crippen molar-refractivity contribution in [3.05, 3.63) is 0 Å². The fourth-order valence-electron chi connectivity index (χ4n) is 1.31. The Morgan fingerprint density at radius 1 is 0.256 bits per heavy atom. The van der Waals surface area contributed by atoms with Crippen molar-refractivity contribution in [2.24, 2.45) is 0 Å². The molecule has 0 radical (unpaired) electrons. The topological polar surface area (TPSA) is 419 Å². The average Bonchev–Trinajstić information content (AvgIpc) is 2.29. The van der Waals surface area contributed by atoms with Crippen LogP contribution >= 0.6 is 70.4 Å². The molecule has 222 valence electrons. The molecule has 0 aromatic heterocycles. The van der Waals surface area contributed by atoms with E-state index >= 15 is 0 Å². The SMILES string of the molecule is O=P1(O)OP(=O)(O)OP(=O)(O)O1.O=P1(O)OP(=O)(O)OP(=O)(O)O1.O=P1(O)OP(=O)(O)OP(=O)(O)O1.[H-].[H-].[H-].[Na+].[Na+].[Na+]. The zero-order valence-corrected chi connectivity index (χ0v) is 32.4. The zero-order chi connectivity index (χ0) is 28.9. The maximum absolute atomic E-state index is 10.4. The first-order valence-electron chi connectivity index (χ1n) is 6.73. The van der Waals surface area contributed by atoms with E-state index in [1.807, 2.05) is 0 Å². The van der Waals surface area contributed by atoms with Gasteiger partial charge < -0.3 is 48.3 Å². The van der Waals surface area contributed by atoms with Gasteiger partial charge in [0.15, 0.2) is 0 Å². The first-order valence-corrected chi connectivity index (χ1v) is 20.2. The molecule has 0 bridgehead atoms. The quantitative estimate of drug-likeness (QED) is 0.0812. The average molecular weight is 792 g/mol. The van der Waals surface area contributed by atoms with Crippen LogP contribution in [0.3, 0.4) is 0 Å². The van der Waals surface area contributed by atoms with Crippen molar-refractivity contribution in [3.8, 4) is 0 Å². The second-order valence-corrected chi connectivity index (χ2v) is 19.3. The molecule has 27 nitrogen and oxygen atoms in total. The first-order chi connectivity index (χ1) is 15.4. The molecule has 0 saturated carbocycles. The molecule has 0 aliphatic carbocycles. The molecule has 0 unspecified atom stereocenters. The Kier molecular flexibility index (Phi) is 19.5. The minimum Gasteiger partial charge on any atom is -1.00 e. The summed E-state index contributed by atoms with van der Waals surface area (Å²) in [6.45, 7) is 0. The van der Waals surface area contributed by atoms with Gasteiger partial charge in [-0.05, 0) is 0 Å². The summed E-state index contributed by atoms with van der Waals surface area (Å²) < 4.78 is 125. The van der Waals surface area contributed by atoms with Crippen molar-refractivity contribution in [2.45, 2.75) is 0 Å². The predicted octanol–water partition coefficient (Wildman–Crippen LogP) is -7.60. The largest absolute Gasteiger partial charge is 1.00 e. The summed E-state index contributed by atoms with van der Waals surface area (Å²) in [6.07, 6.45) is 0. The number of phosphoric acid groups is 9. The summed E-state index contributed by atoms with van der Waals surface area (Å²) in [6, 6.07) is 0. The molecule has 3 rings (SSSR count). The smallest absolute Gasteiger partial charge is 1.00 e. The maximum Gasteiger partial charge on any atom is 1.00 e. The van der Waals surface area contributed by atoms with Gasteiger partial charge in [0.05, 0.1) is 0 Å². The molecule has 3 saturated heterocycles. The Morgan fingerprint density at radius 2 is 0.308 bits per heavy atom. The molecule has 0 atom stereocenters. The molecule has 0 aromatic rings. The number of hydrogen-bond acceptors (Lipinski definition) is 18. The van der Waals surface area contributed by atoms with Crippen molar-refractivity contribution in [2.75, 3.05) is 0 Å². The van der Waals surface area contributed by atoms with Crippen molar-refractivity contribution in [3.63, 3.8) is 0 Å². The summed E-state index contributed by atoms with van der Waals surface area (Å²) in [5.41, 5.74) is 0. The van der Waals surface area contributed by atoms with Gasteiger partial charge in [-0.3, -0.25) is 0 Å². The molecule has 0 aromatic carbocycles. The molecule has 3 aliphatic heterocycles. The van der Waals surface area contributed by atoms with Crippen LogP contribution in [0.2, 0.25) is 0 Å². The fourth-order valence-corrected chi connectivity index (χ4v) is 14.2. The summed E-state index contributed by atoms with van der Waals surface area (Å²) >= 11 is 0. The third-order valence-corrected chi connectivity index (χ3v) is 16.7. The molecule has 39 heavy (non-hydrogen) atoms. The van der Waals surface area contributed by atoms with E-state index in [4.69, 9.17) is 44.0 Å². The molecule has 39 heteroatoms. The van der Waals surface area contributed by atoms with Crippen LogP contribution < -0.4 is 88.7 Å². The summed E-state index contributed by atoms with van der Waals surface area (Å²) in [5.74, 6) is 0. The summed E-state index contributed by atoms with van der Waals surface area (Å²) in [4.78, 5) is 75.7. The zero-order valence-electron chi connectivity index (χ0n) is 21.4. The van der Waals surface area contributed by atoms with E-state index in [0.29, 0.717) is 0 Å². The molecule has 9 N–H and O–H groups in total. The molecular formula is H12Na3O27P9. The van der Waals surface area contributed by atoms with Gasteiger partial charge in [-0.25, -0.2) is 41.1 Å². The first kappa shape index (κ1) is 47.8. The van der Waals surface area contributed by atoms with Gasteiger partial charge in [-0.1, -0.05) is 0 Å². The van der Waals surface area contributed by atoms with E-state index in [-0.39, 0.29) is 93.0 Å². The fraction of sp³-hybridized carbons (Fsp3) is 0. The molecule has 0 amide bonds. The van der Waals surface area contributed by atoms with Crippen LogP contribution in [0.5, 0.6) is 0 Å². The second-order valence-electron chi connectivity index (χ2n) is 4.95. The Bertz CT molecular complexity index is 951. The van der Waals surface area contributed by atoms with Crippen LogP contribution in [0.25, 0.3) is 0 Å². The van der Waals surface area contributed by atoms with E-state index in [2.05, 4.69) is 38.8 Å². The van der Waals surface area contributed by atoms with Gasteiger partial charge in [-0.2, -0.15) is 38.8 Å². The maximum atomic E-state index is 10.4. The third kappa shape index (κ3) is 20.3. The Balaban J connectivity index is -0.000000108. The van der Waals surface area contributed by atoms with E-state index in [1.54, 1.807) is 0 Å². The Hall–Kier alpha value is 4.35. The van der Waals surface area contributed by atoms with Crippen LogP contribution in [-0.2, 0) is 79.9 Å². The Labute approximate surface area is 284 Å². The van der Waals surface area contributed by atoms with Gasteiger partial charge in [-0.15, -0.1) is 0 Å². The van der Waals surface area contributed by atoms with E-state index in [1.165, 1.54) is 0 Å². The van der Waals surface area contributed by atoms with Gasteiger partial charge in [0, 0.05) is 0 Å². The summed E-state index contributed by atoms with van der Waals surface area (Å²) in [5, 5.41) is 0. The van der Waals surface area contributed by atoms with Crippen LogP contribution in [0.4, 0.5) is 0 Å². The second kappa shape index (κ2) is 16.0. The van der Waals surface area contributed by atoms with Crippen LogP contribution in [0.1, 0.15) is 4.28 Å². The molecule has 3 aliphatic rings. The predicted molar refractivity (Wildman–Crippen MR) is 102 cm³/mol. The van der Waals surface area contributed by atoms with Crippen molar-refractivity contribution >= 4 is 70.4 Å². The van der Waals surface area contributed by atoms with E-state index < -0.39 is 70.4 Å². The van der Waals surface area contributed by atoms with Crippen molar-refractivity contribution in [1.82, 2.24) is 0 Å². The number of hydrogen-bond donors (Lipinski definition) is 9. The third-order valence-electron chi connectivity index (χ3n) is 1.86. The van der Waals surface area contributed by atoms with Gasteiger partial charge in [0.1, 0.15) is 0 Å².